The van der Waals surface area contributed by atoms with E-state index < -0.39 is 5.92 Å². The van der Waals surface area contributed by atoms with Crippen molar-refractivity contribution in [1.29, 1.82) is 0 Å². The number of hydrogen-bond donors (Lipinski definition) is 0. The third kappa shape index (κ3) is 2.79. The molecule has 110 valence electrons. The first-order valence-electron chi connectivity index (χ1n) is 6.89. The molecule has 0 fully saturated rings. The Morgan fingerprint density at radius 2 is 1.82 bits per heavy atom. The lowest BCUT2D eigenvalue weighted by atomic mass is 10.1. The van der Waals surface area contributed by atoms with Gasteiger partial charge in [-0.25, -0.2) is 4.39 Å². The number of para-hydroxylation sites is 1. The first kappa shape index (κ1) is 14.1. The number of amides is 1. The predicted octanol–water partition coefficient (Wildman–Crippen LogP) is 3.57. The van der Waals surface area contributed by atoms with Crippen LogP contribution in [0.4, 0.5) is 15.8 Å². The van der Waals surface area contributed by atoms with Crippen LogP contribution in [0.25, 0.3) is 0 Å². The largest absolute Gasteiger partial charge is 0.271 e. The van der Waals surface area contributed by atoms with Crippen LogP contribution in [0.5, 0.6) is 0 Å². The van der Waals surface area contributed by atoms with Crippen LogP contribution in [0, 0.1) is 11.7 Å². The van der Waals surface area contributed by atoms with Gasteiger partial charge in [0, 0.05) is 6.21 Å². The maximum atomic E-state index is 12.9. The number of hydrogen-bond acceptors (Lipinski definition) is 3. The molecule has 0 bridgehead atoms. The normalized spacial score (nSPS) is 18.1. The minimum atomic E-state index is -0.495. The van der Waals surface area contributed by atoms with Crippen molar-refractivity contribution in [1.82, 2.24) is 0 Å². The standard InChI is InChI=1S/C17H14FN3O/c1-12-16(11-19-14-9-7-13(18)8-10-14)17(22)21(20-12)15-5-3-2-4-6-15/h2-11,16H,1H3/t16-/m0/s1. The summed E-state index contributed by atoms with van der Waals surface area (Å²) < 4.78 is 12.9. The molecular formula is C17H14FN3O. The fraction of sp³-hybridized carbons (Fsp3) is 0.118. The number of nitrogens with zero attached hydrogens (tertiary/aromatic N) is 3. The lowest BCUT2D eigenvalue weighted by Crippen LogP contribution is -2.27. The predicted molar refractivity (Wildman–Crippen MR) is 85.1 cm³/mol. The Morgan fingerprint density at radius 3 is 2.50 bits per heavy atom. The first-order valence-corrected chi connectivity index (χ1v) is 6.89. The van der Waals surface area contributed by atoms with Crippen LogP contribution >= 0.6 is 0 Å². The number of aliphatic imine (C=N–C) groups is 1. The molecule has 0 spiro atoms. The molecule has 2 aromatic carbocycles. The Balaban J connectivity index is 1.80. The van der Waals surface area contributed by atoms with E-state index >= 15 is 0 Å². The van der Waals surface area contributed by atoms with Gasteiger partial charge in [-0.15, -0.1) is 0 Å². The molecule has 0 aliphatic carbocycles. The average molecular weight is 295 g/mol. The average Bonchev–Trinajstić information content (AvgIpc) is 2.82. The summed E-state index contributed by atoms with van der Waals surface area (Å²) >= 11 is 0. The van der Waals surface area contributed by atoms with E-state index in [1.807, 2.05) is 30.3 Å². The summed E-state index contributed by atoms with van der Waals surface area (Å²) in [6, 6.07) is 15.0. The van der Waals surface area contributed by atoms with Crippen molar-refractivity contribution in [2.45, 2.75) is 6.92 Å². The SMILES string of the molecule is CC1=NN(c2ccccc2)C(=O)[C@H]1C=Nc1ccc(F)cc1. The molecule has 1 amide bonds. The molecular weight excluding hydrogens is 281 g/mol. The highest BCUT2D eigenvalue weighted by Crippen LogP contribution is 2.23. The summed E-state index contributed by atoms with van der Waals surface area (Å²) in [5.74, 6) is -0.955. The molecule has 0 N–H and O–H groups in total. The van der Waals surface area contributed by atoms with Crippen LogP contribution in [0.3, 0.4) is 0 Å². The lowest BCUT2D eigenvalue weighted by Gasteiger charge is -2.12. The molecule has 0 unspecified atom stereocenters. The van der Waals surface area contributed by atoms with E-state index in [1.54, 1.807) is 25.3 Å². The maximum Gasteiger partial charge on any atom is 0.261 e. The molecule has 1 aliphatic rings. The lowest BCUT2D eigenvalue weighted by molar-refractivity contribution is -0.118. The Labute approximate surface area is 127 Å². The van der Waals surface area contributed by atoms with Gasteiger partial charge < -0.3 is 0 Å². The van der Waals surface area contributed by atoms with Crippen LogP contribution in [0.1, 0.15) is 6.92 Å². The molecule has 1 aliphatic heterocycles. The Bertz CT molecular complexity index is 738. The second-order valence-corrected chi connectivity index (χ2v) is 4.96. The van der Waals surface area contributed by atoms with Crippen LogP contribution in [0.15, 0.2) is 64.7 Å². The molecule has 0 aromatic heterocycles. The quantitative estimate of drug-likeness (QED) is 0.798. The molecule has 1 heterocycles. The summed E-state index contributed by atoms with van der Waals surface area (Å²) in [4.78, 5) is 16.7. The molecule has 0 saturated carbocycles. The monoisotopic (exact) mass is 295 g/mol. The minimum Gasteiger partial charge on any atom is -0.271 e. The third-order valence-corrected chi connectivity index (χ3v) is 3.38. The third-order valence-electron chi connectivity index (χ3n) is 3.38. The van der Waals surface area contributed by atoms with E-state index in [-0.39, 0.29) is 11.7 Å². The second kappa shape index (κ2) is 5.89. The van der Waals surface area contributed by atoms with Crippen LogP contribution in [-0.4, -0.2) is 17.8 Å². The zero-order valence-corrected chi connectivity index (χ0v) is 12.0. The highest BCUT2D eigenvalue weighted by Gasteiger charge is 2.33. The van der Waals surface area contributed by atoms with Crippen molar-refractivity contribution < 1.29 is 9.18 Å². The van der Waals surface area contributed by atoms with Crippen molar-refractivity contribution in [2.75, 3.05) is 5.01 Å². The number of carbonyl (C=O) groups is 1. The number of anilines is 1. The number of hydrazone groups is 1. The van der Waals surface area contributed by atoms with Gasteiger partial charge in [0.1, 0.15) is 11.7 Å². The highest BCUT2D eigenvalue weighted by molar-refractivity contribution is 6.23. The fourth-order valence-corrected chi connectivity index (χ4v) is 2.19. The van der Waals surface area contributed by atoms with Crippen molar-refractivity contribution in [3.63, 3.8) is 0 Å². The van der Waals surface area contributed by atoms with Gasteiger partial charge in [-0.1, -0.05) is 18.2 Å². The van der Waals surface area contributed by atoms with Crippen molar-refractivity contribution in [3.05, 3.63) is 60.4 Å². The Morgan fingerprint density at radius 1 is 1.14 bits per heavy atom. The van der Waals surface area contributed by atoms with E-state index in [2.05, 4.69) is 10.1 Å². The van der Waals surface area contributed by atoms with Crippen LogP contribution < -0.4 is 5.01 Å². The number of carbonyl (C=O) groups excluding carboxylic acids is 1. The van der Waals surface area contributed by atoms with Gasteiger partial charge >= 0.3 is 0 Å². The van der Waals surface area contributed by atoms with E-state index in [9.17, 15) is 9.18 Å². The van der Waals surface area contributed by atoms with Crippen molar-refractivity contribution in [2.24, 2.45) is 16.0 Å². The summed E-state index contributed by atoms with van der Waals surface area (Å²) in [5, 5.41) is 5.68. The van der Waals surface area contributed by atoms with Gasteiger partial charge in [0.15, 0.2) is 0 Å². The summed E-state index contributed by atoms with van der Waals surface area (Å²) in [6.45, 7) is 1.79. The first-order chi connectivity index (χ1) is 10.6. The summed E-state index contributed by atoms with van der Waals surface area (Å²) in [6.07, 6.45) is 1.55. The van der Waals surface area contributed by atoms with Gasteiger partial charge in [0.25, 0.3) is 5.91 Å². The van der Waals surface area contributed by atoms with Crippen molar-refractivity contribution >= 4 is 29.2 Å². The molecule has 4 nitrogen and oxygen atoms in total. The number of benzene rings is 2. The van der Waals surface area contributed by atoms with Gasteiger partial charge in [0.2, 0.25) is 0 Å². The molecule has 1 atom stereocenters. The van der Waals surface area contributed by atoms with Gasteiger partial charge in [-0.2, -0.15) is 10.1 Å². The fourth-order valence-electron chi connectivity index (χ4n) is 2.19. The van der Waals surface area contributed by atoms with E-state index in [4.69, 9.17) is 0 Å². The van der Waals surface area contributed by atoms with E-state index in [0.29, 0.717) is 11.4 Å². The highest BCUT2D eigenvalue weighted by atomic mass is 19.1. The van der Waals surface area contributed by atoms with Crippen molar-refractivity contribution in [3.8, 4) is 0 Å². The second-order valence-electron chi connectivity index (χ2n) is 4.96. The van der Waals surface area contributed by atoms with Crippen LogP contribution in [-0.2, 0) is 4.79 Å². The number of halogens is 1. The van der Waals surface area contributed by atoms with E-state index in [0.717, 1.165) is 5.69 Å². The van der Waals surface area contributed by atoms with Gasteiger partial charge in [0.05, 0.1) is 17.1 Å². The maximum absolute atomic E-state index is 12.9. The topological polar surface area (TPSA) is 45.0 Å². The molecule has 0 saturated heterocycles. The Hall–Kier alpha value is -2.82. The smallest absolute Gasteiger partial charge is 0.261 e. The minimum absolute atomic E-state index is 0.144. The molecule has 5 heteroatoms. The molecule has 0 radical (unpaired) electrons. The van der Waals surface area contributed by atoms with Gasteiger partial charge in [-0.3, -0.25) is 9.79 Å². The summed E-state index contributed by atoms with van der Waals surface area (Å²) in [5.41, 5.74) is 2.00. The molecule has 2 aromatic rings. The summed E-state index contributed by atoms with van der Waals surface area (Å²) in [7, 11) is 0. The Kier molecular flexibility index (Phi) is 3.78. The van der Waals surface area contributed by atoms with E-state index in [1.165, 1.54) is 17.1 Å². The van der Waals surface area contributed by atoms with Crippen LogP contribution in [0.2, 0.25) is 0 Å². The molecule has 22 heavy (non-hydrogen) atoms. The van der Waals surface area contributed by atoms with Gasteiger partial charge in [-0.05, 0) is 43.3 Å². The number of rotatable bonds is 3. The zero-order valence-electron chi connectivity index (χ0n) is 12.0. The molecule has 3 rings (SSSR count). The zero-order chi connectivity index (χ0) is 15.5.